The first kappa shape index (κ1) is 27.2. The van der Waals surface area contributed by atoms with Gasteiger partial charge in [-0.25, -0.2) is 8.42 Å². The topological polar surface area (TPSA) is 126 Å². The molecule has 38 heavy (non-hydrogen) atoms. The summed E-state index contributed by atoms with van der Waals surface area (Å²) in [4.78, 5) is 18.2. The Morgan fingerprint density at radius 2 is 1.50 bits per heavy atom. The van der Waals surface area contributed by atoms with Crippen molar-refractivity contribution < 1.29 is 32.9 Å². The third-order valence-electron chi connectivity index (χ3n) is 6.20. The SMILES string of the molecule is COC(CN=C1/C(=C(\O)c2ccccc2)C(=O)N(S(=O)(=O)c2ccc(C)cc2)C1(O)c1ccccc1)OC. The van der Waals surface area contributed by atoms with Gasteiger partial charge in [-0.2, -0.15) is 4.31 Å². The molecular weight excluding hydrogens is 508 g/mol. The van der Waals surface area contributed by atoms with Crippen molar-refractivity contribution in [1.82, 2.24) is 4.31 Å². The lowest BCUT2D eigenvalue weighted by molar-refractivity contribution is -0.129. The van der Waals surface area contributed by atoms with Crippen LogP contribution in [0.2, 0.25) is 0 Å². The van der Waals surface area contributed by atoms with E-state index < -0.39 is 39.3 Å². The molecule has 0 spiro atoms. The number of benzene rings is 3. The number of aliphatic imine (C=N–C) groups is 1. The van der Waals surface area contributed by atoms with Crippen LogP contribution in [0, 0.1) is 6.92 Å². The predicted molar refractivity (Wildman–Crippen MR) is 142 cm³/mol. The fraction of sp³-hybridized carbons (Fsp3) is 0.214. The second kappa shape index (κ2) is 10.9. The number of amides is 1. The lowest BCUT2D eigenvalue weighted by atomic mass is 9.95. The molecule has 4 rings (SSSR count). The number of rotatable bonds is 8. The Morgan fingerprint density at radius 3 is 2.05 bits per heavy atom. The summed E-state index contributed by atoms with van der Waals surface area (Å²) in [6.07, 6.45) is -0.861. The lowest BCUT2D eigenvalue weighted by Gasteiger charge is -2.32. The first-order chi connectivity index (χ1) is 18.2. The number of carbonyl (C=O) groups excluding carboxylic acids is 1. The van der Waals surface area contributed by atoms with Gasteiger partial charge in [0.15, 0.2) is 6.29 Å². The number of aliphatic hydroxyl groups is 2. The van der Waals surface area contributed by atoms with Gasteiger partial charge in [-0.3, -0.25) is 9.79 Å². The molecule has 2 N–H and O–H groups in total. The molecule has 1 amide bonds. The van der Waals surface area contributed by atoms with Gasteiger partial charge in [0.1, 0.15) is 17.0 Å². The molecule has 0 radical (unpaired) electrons. The van der Waals surface area contributed by atoms with Gasteiger partial charge >= 0.3 is 0 Å². The van der Waals surface area contributed by atoms with Gasteiger partial charge in [0.25, 0.3) is 15.9 Å². The molecule has 0 bridgehead atoms. The predicted octanol–water partition coefficient (Wildman–Crippen LogP) is 3.40. The molecule has 3 aromatic carbocycles. The molecule has 1 fully saturated rings. The van der Waals surface area contributed by atoms with E-state index in [4.69, 9.17) is 9.47 Å². The first-order valence-corrected chi connectivity index (χ1v) is 13.1. The van der Waals surface area contributed by atoms with E-state index in [9.17, 15) is 23.4 Å². The number of aryl methyl sites for hydroxylation is 1. The molecule has 10 heteroatoms. The van der Waals surface area contributed by atoms with E-state index >= 15 is 0 Å². The van der Waals surface area contributed by atoms with Crippen LogP contribution in [0.25, 0.3) is 5.76 Å². The summed E-state index contributed by atoms with van der Waals surface area (Å²) in [5.41, 5.74) is -2.29. The van der Waals surface area contributed by atoms with Crippen LogP contribution in [-0.4, -0.2) is 61.6 Å². The maximum atomic E-state index is 14.0. The van der Waals surface area contributed by atoms with Gasteiger partial charge in [0, 0.05) is 25.3 Å². The van der Waals surface area contributed by atoms with Crippen molar-refractivity contribution in [2.45, 2.75) is 23.8 Å². The van der Waals surface area contributed by atoms with Crippen LogP contribution in [0.3, 0.4) is 0 Å². The van der Waals surface area contributed by atoms with Crippen LogP contribution < -0.4 is 0 Å². The Bertz CT molecular complexity index is 1470. The Balaban J connectivity index is 2.06. The summed E-state index contributed by atoms with van der Waals surface area (Å²) in [6, 6.07) is 21.8. The summed E-state index contributed by atoms with van der Waals surface area (Å²) in [6.45, 7) is 1.60. The van der Waals surface area contributed by atoms with Crippen molar-refractivity contribution in [3.05, 3.63) is 107 Å². The Labute approximate surface area is 221 Å². The number of carbonyl (C=O) groups is 1. The Morgan fingerprint density at radius 1 is 0.947 bits per heavy atom. The smallest absolute Gasteiger partial charge is 0.276 e. The van der Waals surface area contributed by atoms with Crippen LogP contribution >= 0.6 is 0 Å². The minimum absolute atomic E-state index is 0.0602. The normalized spacial score (nSPS) is 20.4. The van der Waals surface area contributed by atoms with E-state index in [-0.39, 0.29) is 28.3 Å². The summed E-state index contributed by atoms with van der Waals surface area (Å²) in [5, 5.41) is 23.6. The summed E-state index contributed by atoms with van der Waals surface area (Å²) in [5.74, 6) is -1.67. The fourth-order valence-corrected chi connectivity index (χ4v) is 5.74. The van der Waals surface area contributed by atoms with Crippen LogP contribution in [0.15, 0.2) is 100 Å². The maximum Gasteiger partial charge on any atom is 0.276 e. The van der Waals surface area contributed by atoms with Gasteiger partial charge in [-0.05, 0) is 19.1 Å². The lowest BCUT2D eigenvalue weighted by Crippen LogP contribution is -2.50. The fourth-order valence-electron chi connectivity index (χ4n) is 4.20. The summed E-state index contributed by atoms with van der Waals surface area (Å²) in [7, 11) is -1.86. The molecular formula is C28H28N2O7S. The molecule has 3 aromatic rings. The number of hydrogen-bond acceptors (Lipinski definition) is 8. The largest absolute Gasteiger partial charge is 0.506 e. The van der Waals surface area contributed by atoms with Crippen molar-refractivity contribution in [2.75, 3.05) is 20.8 Å². The van der Waals surface area contributed by atoms with E-state index in [1.54, 1.807) is 67.6 Å². The highest BCUT2D eigenvalue weighted by atomic mass is 32.2. The maximum absolute atomic E-state index is 14.0. The number of nitrogens with zero attached hydrogens (tertiary/aromatic N) is 2. The number of methoxy groups -OCH3 is 2. The number of aliphatic hydroxyl groups excluding tert-OH is 1. The van der Waals surface area contributed by atoms with Gasteiger partial charge in [-0.1, -0.05) is 78.4 Å². The van der Waals surface area contributed by atoms with Gasteiger partial charge in [-0.15, -0.1) is 0 Å². The number of hydrogen-bond donors (Lipinski definition) is 2. The molecule has 198 valence electrons. The van der Waals surface area contributed by atoms with E-state index in [0.717, 1.165) is 5.56 Å². The van der Waals surface area contributed by atoms with Gasteiger partial charge in [0.2, 0.25) is 5.72 Å². The molecule has 0 saturated carbocycles. The summed E-state index contributed by atoms with van der Waals surface area (Å²) < 4.78 is 38.8. The zero-order chi connectivity index (χ0) is 27.5. The second-order valence-electron chi connectivity index (χ2n) is 8.61. The third-order valence-corrected chi connectivity index (χ3v) is 7.98. The Hall–Kier alpha value is -3.83. The van der Waals surface area contributed by atoms with Crippen molar-refractivity contribution in [3.8, 4) is 0 Å². The quantitative estimate of drug-likeness (QED) is 0.257. The third kappa shape index (κ3) is 4.74. The molecule has 1 aliphatic heterocycles. The molecule has 1 heterocycles. The zero-order valence-electron chi connectivity index (χ0n) is 21.1. The highest BCUT2D eigenvalue weighted by molar-refractivity contribution is 7.89. The van der Waals surface area contributed by atoms with Crippen molar-refractivity contribution in [2.24, 2.45) is 4.99 Å². The molecule has 9 nitrogen and oxygen atoms in total. The van der Waals surface area contributed by atoms with Crippen molar-refractivity contribution in [3.63, 3.8) is 0 Å². The van der Waals surface area contributed by atoms with E-state index in [1.165, 1.54) is 38.5 Å². The van der Waals surface area contributed by atoms with Crippen molar-refractivity contribution >= 4 is 27.4 Å². The van der Waals surface area contributed by atoms with E-state index in [1.807, 2.05) is 0 Å². The molecule has 1 saturated heterocycles. The zero-order valence-corrected chi connectivity index (χ0v) is 21.9. The first-order valence-electron chi connectivity index (χ1n) is 11.7. The minimum Gasteiger partial charge on any atom is -0.506 e. The second-order valence-corrected chi connectivity index (χ2v) is 10.4. The van der Waals surface area contributed by atoms with Crippen LogP contribution in [-0.2, 0) is 30.0 Å². The molecule has 1 atom stereocenters. The molecule has 0 aliphatic carbocycles. The van der Waals surface area contributed by atoms with Crippen LogP contribution in [0.1, 0.15) is 16.7 Å². The van der Waals surface area contributed by atoms with Gasteiger partial charge < -0.3 is 19.7 Å². The molecule has 1 aliphatic rings. The highest BCUT2D eigenvalue weighted by Gasteiger charge is 2.60. The standard InChI is InChI=1S/C28H28N2O7S/c1-19-14-16-22(17-15-19)38(34,35)30-27(32)24(25(31)20-10-6-4-7-11-20)26(29-18-23(36-2)37-3)28(30,33)21-12-8-5-9-13-21/h4-17,23,31,33H,18H2,1-3H3/b25-24+,29-26?. The minimum atomic E-state index is -4.65. The summed E-state index contributed by atoms with van der Waals surface area (Å²) >= 11 is 0. The number of sulfonamides is 1. The van der Waals surface area contributed by atoms with Crippen LogP contribution in [0.4, 0.5) is 0 Å². The monoisotopic (exact) mass is 536 g/mol. The molecule has 1 unspecified atom stereocenters. The van der Waals surface area contributed by atoms with Crippen molar-refractivity contribution in [1.29, 1.82) is 0 Å². The van der Waals surface area contributed by atoms with E-state index in [2.05, 4.69) is 4.99 Å². The number of ether oxygens (including phenoxy) is 2. The molecule has 0 aromatic heterocycles. The van der Waals surface area contributed by atoms with Crippen LogP contribution in [0.5, 0.6) is 0 Å². The highest BCUT2D eigenvalue weighted by Crippen LogP contribution is 2.44. The average Bonchev–Trinajstić information content (AvgIpc) is 3.17. The average molecular weight is 537 g/mol. The van der Waals surface area contributed by atoms with Gasteiger partial charge in [0.05, 0.1) is 11.4 Å². The Kier molecular flexibility index (Phi) is 7.79. The van der Waals surface area contributed by atoms with E-state index in [0.29, 0.717) is 4.31 Å².